The molecule has 0 spiro atoms. The average Bonchev–Trinajstić information content (AvgIpc) is 2.29. The third kappa shape index (κ3) is 2.89. The van der Waals surface area contributed by atoms with Gasteiger partial charge in [0.15, 0.2) is 0 Å². The van der Waals surface area contributed by atoms with Gasteiger partial charge in [-0.05, 0) is 31.5 Å². The van der Waals surface area contributed by atoms with Crippen LogP contribution < -0.4 is 5.32 Å². The first kappa shape index (κ1) is 11.3. The largest absolute Gasteiger partial charge is 0.311 e. The van der Waals surface area contributed by atoms with Crippen molar-refractivity contribution in [3.05, 3.63) is 41.5 Å². The average molecular weight is 223 g/mol. The van der Waals surface area contributed by atoms with Gasteiger partial charge in [0.1, 0.15) is 11.6 Å². The highest BCUT2D eigenvalue weighted by atomic mass is 19.1. The van der Waals surface area contributed by atoms with Gasteiger partial charge in [-0.15, -0.1) is 0 Å². The van der Waals surface area contributed by atoms with Crippen LogP contribution in [0.1, 0.15) is 24.8 Å². The molecule has 1 N–H and O–H groups in total. The minimum Gasteiger partial charge on any atom is -0.311 e. The predicted octanol–water partition coefficient (Wildman–Crippen LogP) is 3.12. The Labute approximate surface area is 94.2 Å². The van der Waals surface area contributed by atoms with Crippen molar-refractivity contribution < 1.29 is 8.78 Å². The Hall–Kier alpha value is -1.22. The number of halogens is 2. The highest BCUT2D eigenvalue weighted by Gasteiger charge is 2.08. The van der Waals surface area contributed by atoms with E-state index in [0.29, 0.717) is 11.6 Å². The van der Waals surface area contributed by atoms with Crippen LogP contribution in [0.4, 0.5) is 8.78 Å². The van der Waals surface area contributed by atoms with E-state index in [2.05, 4.69) is 5.32 Å². The van der Waals surface area contributed by atoms with Crippen LogP contribution >= 0.6 is 0 Å². The zero-order valence-corrected chi connectivity index (χ0v) is 9.05. The Morgan fingerprint density at radius 2 is 2.12 bits per heavy atom. The van der Waals surface area contributed by atoms with Crippen molar-refractivity contribution in [2.75, 3.05) is 6.54 Å². The number of rotatable bonds is 2. The summed E-state index contributed by atoms with van der Waals surface area (Å²) in [6.45, 7) is 1.01. The van der Waals surface area contributed by atoms with Gasteiger partial charge < -0.3 is 5.32 Å². The fraction of sp³-hybridized carbons (Fsp3) is 0.385. The molecule has 2 rings (SSSR count). The van der Waals surface area contributed by atoms with Gasteiger partial charge in [0.25, 0.3) is 0 Å². The van der Waals surface area contributed by atoms with Gasteiger partial charge >= 0.3 is 0 Å². The fourth-order valence-electron chi connectivity index (χ4n) is 1.90. The topological polar surface area (TPSA) is 12.0 Å². The summed E-state index contributed by atoms with van der Waals surface area (Å²) in [5.74, 6) is -1.04. The van der Waals surface area contributed by atoms with Crippen molar-refractivity contribution in [3.8, 4) is 0 Å². The molecule has 1 aromatic rings. The lowest BCUT2D eigenvalue weighted by Crippen LogP contribution is -2.31. The summed E-state index contributed by atoms with van der Waals surface area (Å²) in [4.78, 5) is 0. The van der Waals surface area contributed by atoms with E-state index < -0.39 is 11.6 Å². The minimum atomic E-state index is -0.537. The van der Waals surface area contributed by atoms with E-state index in [0.717, 1.165) is 19.0 Å². The third-order valence-electron chi connectivity index (χ3n) is 2.82. The van der Waals surface area contributed by atoms with E-state index in [1.54, 1.807) is 6.08 Å². The van der Waals surface area contributed by atoms with Crippen molar-refractivity contribution >= 4 is 6.08 Å². The Morgan fingerprint density at radius 1 is 1.25 bits per heavy atom. The Balaban J connectivity index is 2.04. The number of nitrogens with one attached hydrogen (secondary N) is 1. The van der Waals surface area contributed by atoms with Crippen LogP contribution in [0, 0.1) is 11.6 Å². The molecule has 1 aliphatic rings. The van der Waals surface area contributed by atoms with Gasteiger partial charge in [-0.2, -0.15) is 0 Å². The molecule has 16 heavy (non-hydrogen) atoms. The maximum absolute atomic E-state index is 13.3. The summed E-state index contributed by atoms with van der Waals surface area (Å²) in [5, 5.41) is 3.34. The van der Waals surface area contributed by atoms with Crippen LogP contribution in [0.15, 0.2) is 24.3 Å². The van der Waals surface area contributed by atoms with Crippen LogP contribution in [0.2, 0.25) is 0 Å². The van der Waals surface area contributed by atoms with Crippen LogP contribution in [0.3, 0.4) is 0 Å². The first-order valence-electron chi connectivity index (χ1n) is 5.62. The summed E-state index contributed by atoms with van der Waals surface area (Å²) in [6, 6.07) is 3.97. The molecule has 1 atom stereocenters. The lowest BCUT2D eigenvalue weighted by Gasteiger charge is -2.20. The van der Waals surface area contributed by atoms with Crippen molar-refractivity contribution in [3.63, 3.8) is 0 Å². The molecule has 0 bridgehead atoms. The van der Waals surface area contributed by atoms with E-state index in [9.17, 15) is 8.78 Å². The van der Waals surface area contributed by atoms with Crippen LogP contribution in [0.5, 0.6) is 0 Å². The molecule has 0 radical (unpaired) electrons. The zero-order valence-electron chi connectivity index (χ0n) is 9.05. The van der Waals surface area contributed by atoms with Crippen LogP contribution in [-0.4, -0.2) is 12.6 Å². The molecule has 1 unspecified atom stereocenters. The van der Waals surface area contributed by atoms with Crippen molar-refractivity contribution in [2.45, 2.75) is 25.3 Å². The van der Waals surface area contributed by atoms with Gasteiger partial charge in [0, 0.05) is 17.7 Å². The standard InChI is InChI=1S/C13H15F2N/c14-11-6-4-10(13(15)9-11)5-7-12-3-1-2-8-16-12/h4-7,9,12,16H,1-3,8H2/b7-5+. The molecule has 3 heteroatoms. The number of hydrogen-bond donors (Lipinski definition) is 1. The van der Waals surface area contributed by atoms with E-state index in [1.165, 1.54) is 25.0 Å². The first-order valence-corrected chi connectivity index (χ1v) is 5.62. The van der Waals surface area contributed by atoms with E-state index in [-0.39, 0.29) is 0 Å². The maximum atomic E-state index is 13.3. The summed E-state index contributed by atoms with van der Waals surface area (Å²) in [6.07, 6.45) is 7.16. The number of benzene rings is 1. The fourth-order valence-corrected chi connectivity index (χ4v) is 1.90. The number of hydrogen-bond acceptors (Lipinski definition) is 1. The molecule has 0 amide bonds. The minimum absolute atomic E-state index is 0.318. The van der Waals surface area contributed by atoms with Crippen LogP contribution in [0.25, 0.3) is 6.08 Å². The second-order valence-electron chi connectivity index (χ2n) is 4.08. The molecular weight excluding hydrogens is 208 g/mol. The maximum Gasteiger partial charge on any atom is 0.133 e. The molecule has 1 fully saturated rings. The molecule has 1 nitrogen and oxygen atoms in total. The highest BCUT2D eigenvalue weighted by Crippen LogP contribution is 2.14. The first-order chi connectivity index (χ1) is 7.75. The Bertz CT molecular complexity index is 382. The van der Waals surface area contributed by atoms with E-state index >= 15 is 0 Å². The smallest absolute Gasteiger partial charge is 0.133 e. The van der Waals surface area contributed by atoms with E-state index in [1.807, 2.05) is 6.08 Å². The summed E-state index contributed by atoms with van der Waals surface area (Å²) in [7, 11) is 0. The molecule has 86 valence electrons. The molecule has 0 aromatic heterocycles. The Kier molecular flexibility index (Phi) is 3.67. The number of piperidine rings is 1. The van der Waals surface area contributed by atoms with Gasteiger partial charge in [-0.3, -0.25) is 0 Å². The van der Waals surface area contributed by atoms with Gasteiger partial charge in [-0.1, -0.05) is 18.6 Å². The van der Waals surface area contributed by atoms with Crippen LogP contribution in [-0.2, 0) is 0 Å². The van der Waals surface area contributed by atoms with E-state index in [4.69, 9.17) is 0 Å². The van der Waals surface area contributed by atoms with Crippen molar-refractivity contribution in [1.82, 2.24) is 5.32 Å². The molecule has 0 aliphatic carbocycles. The quantitative estimate of drug-likeness (QED) is 0.812. The summed E-state index contributed by atoms with van der Waals surface area (Å²) in [5.41, 5.74) is 0.439. The lowest BCUT2D eigenvalue weighted by atomic mass is 10.0. The van der Waals surface area contributed by atoms with Gasteiger partial charge in [0.2, 0.25) is 0 Å². The lowest BCUT2D eigenvalue weighted by molar-refractivity contribution is 0.455. The van der Waals surface area contributed by atoms with Crippen molar-refractivity contribution in [2.24, 2.45) is 0 Å². The normalized spacial score (nSPS) is 21.5. The molecule has 1 aromatic carbocycles. The predicted molar refractivity (Wildman–Crippen MR) is 61.0 cm³/mol. The molecule has 0 saturated carbocycles. The second kappa shape index (κ2) is 5.21. The van der Waals surface area contributed by atoms with Gasteiger partial charge in [0.05, 0.1) is 0 Å². The van der Waals surface area contributed by atoms with Gasteiger partial charge in [-0.25, -0.2) is 8.78 Å². The summed E-state index contributed by atoms with van der Waals surface area (Å²) >= 11 is 0. The monoisotopic (exact) mass is 223 g/mol. The zero-order chi connectivity index (χ0) is 11.4. The third-order valence-corrected chi connectivity index (χ3v) is 2.82. The molecule has 1 heterocycles. The second-order valence-corrected chi connectivity index (χ2v) is 4.08. The molecule has 1 aliphatic heterocycles. The van der Waals surface area contributed by atoms with Crippen molar-refractivity contribution in [1.29, 1.82) is 0 Å². The SMILES string of the molecule is Fc1ccc(/C=C/C2CCCCN2)c(F)c1. The highest BCUT2D eigenvalue weighted by molar-refractivity contribution is 5.50. The Morgan fingerprint density at radius 3 is 2.81 bits per heavy atom. The molecule has 1 saturated heterocycles. The summed E-state index contributed by atoms with van der Waals surface area (Å²) < 4.78 is 26.0. The molecular formula is C13H15F2N.